The molecule has 0 aliphatic carbocycles. The third-order valence-electron chi connectivity index (χ3n) is 7.74. The number of pyridine rings is 1. The molecular formula is C27H32FN7O2. The number of fused-ring (bicyclic) bond motifs is 2. The van der Waals surface area contributed by atoms with E-state index < -0.39 is 0 Å². The first-order chi connectivity index (χ1) is 17.8. The van der Waals surface area contributed by atoms with Gasteiger partial charge in [-0.1, -0.05) is 19.9 Å². The second-order valence-electron chi connectivity index (χ2n) is 9.84. The quantitative estimate of drug-likeness (QED) is 0.386. The molecule has 0 unspecified atom stereocenters. The Hall–Kier alpha value is -3.71. The average Bonchev–Trinajstić information content (AvgIpc) is 3.49. The molecule has 4 heterocycles. The number of hydrogen-bond acceptors (Lipinski definition) is 7. The Morgan fingerprint density at radius 3 is 2.70 bits per heavy atom. The molecule has 5 rings (SSSR count). The van der Waals surface area contributed by atoms with Crippen LogP contribution in [-0.2, 0) is 13.6 Å². The van der Waals surface area contributed by atoms with Crippen molar-refractivity contribution < 1.29 is 8.81 Å². The molecule has 0 amide bonds. The fraction of sp³-hybridized carbons (Fsp3) is 0.481. The highest BCUT2D eigenvalue weighted by Gasteiger charge is 2.37. The van der Waals surface area contributed by atoms with E-state index >= 15 is 4.39 Å². The minimum atomic E-state index is -0.354. The van der Waals surface area contributed by atoms with Crippen LogP contribution in [-0.4, -0.2) is 49.4 Å². The largest absolute Gasteiger partial charge is 0.438 e. The molecule has 1 fully saturated rings. The maximum Gasteiger partial charge on any atom is 0.252 e. The molecule has 0 spiro atoms. The van der Waals surface area contributed by atoms with Gasteiger partial charge in [-0.05, 0) is 25.8 Å². The fourth-order valence-corrected chi connectivity index (χ4v) is 5.65. The van der Waals surface area contributed by atoms with Crippen LogP contribution in [0, 0.1) is 24.1 Å². The van der Waals surface area contributed by atoms with E-state index in [0.29, 0.717) is 41.1 Å². The minimum absolute atomic E-state index is 0.0981. The third-order valence-corrected chi connectivity index (χ3v) is 7.74. The normalized spacial score (nSPS) is 19.5. The van der Waals surface area contributed by atoms with Crippen LogP contribution in [0.15, 0.2) is 33.6 Å². The van der Waals surface area contributed by atoms with Crippen molar-refractivity contribution in [3.05, 3.63) is 52.0 Å². The number of halogens is 1. The first kappa shape index (κ1) is 25.0. The van der Waals surface area contributed by atoms with Crippen molar-refractivity contribution in [2.75, 3.05) is 18.0 Å². The molecule has 0 N–H and O–H groups in total. The van der Waals surface area contributed by atoms with E-state index in [0.717, 1.165) is 18.5 Å². The minimum Gasteiger partial charge on any atom is -0.438 e. The molecule has 3 aromatic heterocycles. The van der Waals surface area contributed by atoms with Crippen molar-refractivity contribution in [2.45, 2.75) is 65.2 Å². The van der Waals surface area contributed by atoms with Gasteiger partial charge in [-0.2, -0.15) is 10.4 Å². The summed E-state index contributed by atoms with van der Waals surface area (Å²) in [4.78, 5) is 21.8. The molecule has 37 heavy (non-hydrogen) atoms. The Kier molecular flexibility index (Phi) is 6.50. The molecular weight excluding hydrogens is 473 g/mol. The summed E-state index contributed by atoms with van der Waals surface area (Å²) in [5.41, 5.74) is 3.42. The van der Waals surface area contributed by atoms with Crippen LogP contribution >= 0.6 is 0 Å². The molecule has 0 saturated carbocycles. The van der Waals surface area contributed by atoms with E-state index in [1.54, 1.807) is 35.5 Å². The van der Waals surface area contributed by atoms with E-state index in [-0.39, 0.29) is 41.6 Å². The topological polar surface area (TPSA) is 96.1 Å². The van der Waals surface area contributed by atoms with Gasteiger partial charge in [0.05, 0.1) is 23.5 Å². The zero-order chi connectivity index (χ0) is 26.4. The summed E-state index contributed by atoms with van der Waals surface area (Å²) in [6.07, 6.45) is 3.46. The van der Waals surface area contributed by atoms with Gasteiger partial charge in [0, 0.05) is 56.8 Å². The molecule has 3 atom stereocenters. The average molecular weight is 506 g/mol. The van der Waals surface area contributed by atoms with E-state index in [1.807, 2.05) is 19.1 Å². The van der Waals surface area contributed by atoms with Crippen molar-refractivity contribution in [3.8, 4) is 6.07 Å². The molecule has 194 valence electrons. The predicted molar refractivity (Wildman–Crippen MR) is 140 cm³/mol. The van der Waals surface area contributed by atoms with Crippen LogP contribution in [0.1, 0.15) is 51.1 Å². The lowest BCUT2D eigenvalue weighted by atomic mass is 9.96. The van der Waals surface area contributed by atoms with Gasteiger partial charge in [0.2, 0.25) is 0 Å². The van der Waals surface area contributed by atoms with Crippen molar-refractivity contribution in [2.24, 2.45) is 7.05 Å². The Bertz CT molecular complexity index is 1560. The van der Waals surface area contributed by atoms with Gasteiger partial charge in [0.25, 0.3) is 5.56 Å². The smallest absolute Gasteiger partial charge is 0.252 e. The van der Waals surface area contributed by atoms with Crippen LogP contribution in [0.4, 0.5) is 10.1 Å². The van der Waals surface area contributed by atoms with E-state index in [1.165, 1.54) is 0 Å². The van der Waals surface area contributed by atoms with Crippen molar-refractivity contribution in [1.29, 1.82) is 5.26 Å². The second-order valence-corrected chi connectivity index (χ2v) is 9.84. The first-order valence-electron chi connectivity index (χ1n) is 12.8. The number of aromatic nitrogens is 4. The Morgan fingerprint density at radius 2 is 2.00 bits per heavy atom. The number of hydrogen-bond donors (Lipinski definition) is 0. The van der Waals surface area contributed by atoms with Gasteiger partial charge >= 0.3 is 0 Å². The molecule has 0 radical (unpaired) electrons. The highest BCUT2D eigenvalue weighted by atomic mass is 19.1. The summed E-state index contributed by atoms with van der Waals surface area (Å²) in [7, 11) is 1.72. The fourth-order valence-electron chi connectivity index (χ4n) is 5.65. The summed E-state index contributed by atoms with van der Waals surface area (Å²) in [6, 6.07) is 7.46. The van der Waals surface area contributed by atoms with Crippen LogP contribution in [0.5, 0.6) is 0 Å². The van der Waals surface area contributed by atoms with Gasteiger partial charge in [-0.3, -0.25) is 14.4 Å². The summed E-state index contributed by atoms with van der Waals surface area (Å²) in [5.74, 6) is 0.0922. The van der Waals surface area contributed by atoms with Gasteiger partial charge in [-0.25, -0.2) is 9.37 Å². The van der Waals surface area contributed by atoms with Gasteiger partial charge in [0.1, 0.15) is 17.6 Å². The number of piperazine rings is 1. The lowest BCUT2D eigenvalue weighted by Crippen LogP contribution is -2.59. The lowest BCUT2D eigenvalue weighted by Gasteiger charge is -2.49. The molecule has 9 nitrogen and oxygen atoms in total. The number of nitrogens with zero attached hydrogens (tertiary/aromatic N) is 7. The maximum absolute atomic E-state index is 15.5. The van der Waals surface area contributed by atoms with Crippen LogP contribution in [0.3, 0.4) is 0 Å². The highest BCUT2D eigenvalue weighted by molar-refractivity contribution is 5.88. The SMILES string of the molecule is CC[C@H]1CN([C@@H](C)c2ccc3nc(C)oc3c2F)[C@H](CC)CN1c1cc(=O)n(C)c2cn(CC#N)nc12. The first-order valence-corrected chi connectivity index (χ1v) is 12.8. The second kappa shape index (κ2) is 9.63. The summed E-state index contributed by atoms with van der Waals surface area (Å²) >= 11 is 0. The van der Waals surface area contributed by atoms with Crippen LogP contribution in [0.2, 0.25) is 0 Å². The molecule has 1 saturated heterocycles. The van der Waals surface area contributed by atoms with Crippen LogP contribution in [0.25, 0.3) is 22.1 Å². The van der Waals surface area contributed by atoms with Gasteiger partial charge in [-0.15, -0.1) is 0 Å². The van der Waals surface area contributed by atoms with E-state index in [9.17, 15) is 4.79 Å². The van der Waals surface area contributed by atoms with Gasteiger partial charge in [0.15, 0.2) is 17.3 Å². The number of anilines is 1. The predicted octanol–water partition coefficient (Wildman–Crippen LogP) is 4.29. The molecule has 4 aromatic rings. The number of nitriles is 1. The summed E-state index contributed by atoms with van der Waals surface area (Å²) < 4.78 is 24.2. The van der Waals surface area contributed by atoms with Crippen molar-refractivity contribution >= 4 is 27.8 Å². The maximum atomic E-state index is 15.5. The third kappa shape index (κ3) is 4.17. The van der Waals surface area contributed by atoms with Crippen LogP contribution < -0.4 is 10.5 Å². The highest BCUT2D eigenvalue weighted by Crippen LogP contribution is 2.36. The number of aryl methyl sites for hydroxylation is 2. The van der Waals surface area contributed by atoms with Crippen molar-refractivity contribution in [1.82, 2.24) is 24.2 Å². The molecule has 0 bridgehead atoms. The monoisotopic (exact) mass is 505 g/mol. The number of benzene rings is 1. The van der Waals surface area contributed by atoms with Gasteiger partial charge < -0.3 is 13.9 Å². The molecule has 1 aliphatic heterocycles. The standard InChI is InChI=1S/C27H32FN7O2/c1-6-18-14-35(22-12-24(36)32(5)23-15-33(11-10-29)31-26(22)23)19(7-2)13-34(18)16(3)20-8-9-21-27(25(20)28)37-17(4)30-21/h8-9,12,15-16,18-19H,6-7,11,13-14H2,1-5H3/t16-,18+,19-/m0/s1. The van der Waals surface area contributed by atoms with Crippen molar-refractivity contribution in [3.63, 3.8) is 0 Å². The Balaban J connectivity index is 1.52. The summed E-state index contributed by atoms with van der Waals surface area (Å²) in [6.45, 7) is 9.52. The zero-order valence-electron chi connectivity index (χ0n) is 21.9. The van der Waals surface area contributed by atoms with E-state index in [4.69, 9.17) is 9.68 Å². The molecule has 1 aromatic carbocycles. The molecule has 10 heteroatoms. The number of rotatable bonds is 6. The zero-order valence-corrected chi connectivity index (χ0v) is 21.9. The van der Waals surface area contributed by atoms with E-state index in [2.05, 4.69) is 39.8 Å². The summed E-state index contributed by atoms with van der Waals surface area (Å²) in [5, 5.41) is 13.8. The Labute approximate surface area is 214 Å². The lowest BCUT2D eigenvalue weighted by molar-refractivity contribution is 0.0994. The number of oxazole rings is 1. The molecule has 1 aliphatic rings. The Morgan fingerprint density at radius 1 is 1.24 bits per heavy atom.